The Morgan fingerprint density at radius 2 is 1.88 bits per heavy atom. The van der Waals surface area contributed by atoms with Crippen molar-refractivity contribution in [3.05, 3.63) is 77.6 Å². The molecule has 0 radical (unpaired) electrons. The number of nitrogens with one attached hydrogen (secondary N) is 1. The van der Waals surface area contributed by atoms with E-state index in [1.165, 1.54) is 12.3 Å². The molecule has 0 bridgehead atoms. The Kier molecular flexibility index (Phi) is 6.64. The lowest BCUT2D eigenvalue weighted by Crippen LogP contribution is -2.19. The second-order valence-corrected chi connectivity index (χ2v) is 8.62. The number of hydrogen-bond acceptors (Lipinski definition) is 6. The molecule has 0 aliphatic heterocycles. The van der Waals surface area contributed by atoms with Crippen molar-refractivity contribution in [1.82, 2.24) is 15.0 Å². The molecule has 2 aromatic carbocycles. The maximum absolute atomic E-state index is 12.9. The number of imidazole rings is 1. The van der Waals surface area contributed by atoms with Crippen molar-refractivity contribution in [3.8, 4) is 11.5 Å². The van der Waals surface area contributed by atoms with E-state index in [1.807, 2.05) is 0 Å². The van der Waals surface area contributed by atoms with E-state index < -0.39 is 29.6 Å². The fourth-order valence-corrected chi connectivity index (χ4v) is 4.19. The maximum atomic E-state index is 12.9. The number of fused-ring (bicyclic) bond motifs is 1. The summed E-state index contributed by atoms with van der Waals surface area (Å²) in [4.78, 5) is 23.6. The quantitative estimate of drug-likeness (QED) is 0.298. The van der Waals surface area contributed by atoms with Crippen molar-refractivity contribution in [3.63, 3.8) is 0 Å². The van der Waals surface area contributed by atoms with Crippen LogP contribution >= 0.6 is 0 Å². The van der Waals surface area contributed by atoms with E-state index in [2.05, 4.69) is 15.0 Å². The average molecular weight is 489 g/mol. The summed E-state index contributed by atoms with van der Waals surface area (Å²) in [5, 5.41) is 0.157. The number of pyridine rings is 1. The van der Waals surface area contributed by atoms with Gasteiger partial charge in [-0.05, 0) is 37.3 Å². The standard InChI is InChI=1S/C23H18F3N3O4S/c1-14-19(27-10-9-20(14)32-13-23(24,25)26)12-34(31)22-28-17-8-7-16(11-18(17)29-22)33-21(30)15-5-3-2-4-6-15/h2-11H,12-13H2,1H3,(H,28,29)/t34-/m0/s1. The van der Waals surface area contributed by atoms with Crippen LogP contribution < -0.4 is 9.47 Å². The van der Waals surface area contributed by atoms with Gasteiger partial charge in [-0.15, -0.1) is 0 Å². The van der Waals surface area contributed by atoms with Crippen molar-refractivity contribution in [1.29, 1.82) is 0 Å². The fourth-order valence-electron chi connectivity index (χ4n) is 3.09. The van der Waals surface area contributed by atoms with Gasteiger partial charge in [0.25, 0.3) is 0 Å². The summed E-state index contributed by atoms with van der Waals surface area (Å²) in [6.07, 6.45) is -3.17. The van der Waals surface area contributed by atoms with E-state index in [-0.39, 0.29) is 22.4 Å². The Morgan fingerprint density at radius 3 is 2.62 bits per heavy atom. The van der Waals surface area contributed by atoms with E-state index in [0.717, 1.165) is 0 Å². The van der Waals surface area contributed by atoms with Gasteiger partial charge in [-0.25, -0.2) is 9.78 Å². The lowest BCUT2D eigenvalue weighted by Gasteiger charge is -2.13. The lowest BCUT2D eigenvalue weighted by molar-refractivity contribution is -0.153. The van der Waals surface area contributed by atoms with Gasteiger partial charge in [0.2, 0.25) is 0 Å². The van der Waals surface area contributed by atoms with Gasteiger partial charge in [0, 0.05) is 17.8 Å². The summed E-state index contributed by atoms with van der Waals surface area (Å²) in [6.45, 7) is 0.123. The Balaban J connectivity index is 1.49. The van der Waals surface area contributed by atoms with Crippen LogP contribution in [0.25, 0.3) is 11.0 Å². The van der Waals surface area contributed by atoms with Crippen LogP contribution in [0.5, 0.6) is 11.5 Å². The number of aromatic amines is 1. The second kappa shape index (κ2) is 9.64. The van der Waals surface area contributed by atoms with Gasteiger partial charge in [-0.2, -0.15) is 13.2 Å². The van der Waals surface area contributed by atoms with Crippen LogP contribution in [0.2, 0.25) is 0 Å². The van der Waals surface area contributed by atoms with Crippen LogP contribution in [0.3, 0.4) is 0 Å². The minimum Gasteiger partial charge on any atom is -0.484 e. The van der Waals surface area contributed by atoms with Gasteiger partial charge in [-0.3, -0.25) is 9.19 Å². The number of H-pyrrole nitrogens is 1. The summed E-state index contributed by atoms with van der Waals surface area (Å²) in [7, 11) is -1.67. The molecule has 0 saturated heterocycles. The Bertz CT molecular complexity index is 1360. The minimum atomic E-state index is -4.47. The van der Waals surface area contributed by atoms with Crippen LogP contribution in [0.15, 0.2) is 66.0 Å². The SMILES string of the molecule is Cc1c(OCC(F)(F)F)ccnc1C[S@](=O)c1nc2ccc(OC(=O)c3ccccc3)cc2[nH]1. The number of alkyl halides is 3. The third-order valence-corrected chi connectivity index (χ3v) is 5.95. The molecule has 0 fully saturated rings. The van der Waals surface area contributed by atoms with Gasteiger partial charge in [0.05, 0.1) is 38.8 Å². The highest BCUT2D eigenvalue weighted by Crippen LogP contribution is 2.26. The second-order valence-electron chi connectivity index (χ2n) is 7.25. The third-order valence-electron chi connectivity index (χ3n) is 4.79. The first-order chi connectivity index (χ1) is 16.2. The number of hydrogen-bond donors (Lipinski definition) is 1. The predicted molar refractivity (Wildman–Crippen MR) is 118 cm³/mol. The highest BCUT2D eigenvalue weighted by Gasteiger charge is 2.29. The molecule has 4 aromatic rings. The number of benzene rings is 2. The third kappa shape index (κ3) is 5.60. The van der Waals surface area contributed by atoms with E-state index in [4.69, 9.17) is 9.47 Å². The first-order valence-corrected chi connectivity index (χ1v) is 11.3. The molecular weight excluding hydrogens is 471 g/mol. The number of carbonyl (C=O) groups is 1. The van der Waals surface area contributed by atoms with Crippen molar-refractivity contribution in [2.24, 2.45) is 0 Å². The lowest BCUT2D eigenvalue weighted by atomic mass is 10.2. The molecule has 0 aliphatic rings. The molecule has 0 spiro atoms. The maximum Gasteiger partial charge on any atom is 0.422 e. The zero-order valence-corrected chi connectivity index (χ0v) is 18.6. The zero-order valence-electron chi connectivity index (χ0n) is 17.8. The van der Waals surface area contributed by atoms with E-state index >= 15 is 0 Å². The van der Waals surface area contributed by atoms with Gasteiger partial charge in [0.15, 0.2) is 11.8 Å². The van der Waals surface area contributed by atoms with Gasteiger partial charge in [-0.1, -0.05) is 18.2 Å². The molecule has 0 saturated carbocycles. The first-order valence-electron chi connectivity index (χ1n) is 9.99. The summed E-state index contributed by atoms with van der Waals surface area (Å²) < 4.78 is 60.5. The monoisotopic (exact) mass is 489 g/mol. The van der Waals surface area contributed by atoms with E-state index in [9.17, 15) is 22.2 Å². The number of nitrogens with zero attached hydrogens (tertiary/aromatic N) is 2. The minimum absolute atomic E-state index is 0.0220. The van der Waals surface area contributed by atoms with Gasteiger partial charge >= 0.3 is 12.1 Å². The summed E-state index contributed by atoms with van der Waals surface area (Å²) in [5.41, 5.74) is 2.11. The number of carbonyl (C=O) groups excluding carboxylic acids is 1. The molecule has 1 atom stereocenters. The topological polar surface area (TPSA) is 94.2 Å². The normalized spacial score (nSPS) is 12.5. The molecule has 4 rings (SSSR count). The number of ether oxygens (including phenoxy) is 2. The molecule has 0 aliphatic carbocycles. The summed E-state index contributed by atoms with van der Waals surface area (Å²) in [5.74, 6) is -0.286. The van der Waals surface area contributed by atoms with Crippen molar-refractivity contribution in [2.75, 3.05) is 6.61 Å². The van der Waals surface area contributed by atoms with Crippen LogP contribution in [0, 0.1) is 6.92 Å². The number of halogens is 3. The van der Waals surface area contributed by atoms with Crippen LogP contribution in [-0.2, 0) is 16.6 Å². The molecule has 2 heterocycles. The molecule has 0 unspecified atom stereocenters. The van der Waals surface area contributed by atoms with E-state index in [0.29, 0.717) is 27.9 Å². The molecule has 7 nitrogen and oxygen atoms in total. The zero-order chi connectivity index (χ0) is 24.3. The van der Waals surface area contributed by atoms with Crippen LogP contribution in [0.4, 0.5) is 13.2 Å². The summed E-state index contributed by atoms with van der Waals surface area (Å²) >= 11 is 0. The number of aromatic nitrogens is 3. The molecule has 1 N–H and O–H groups in total. The van der Waals surface area contributed by atoms with Gasteiger partial charge < -0.3 is 14.5 Å². The van der Waals surface area contributed by atoms with Crippen LogP contribution in [0.1, 0.15) is 21.6 Å². The number of rotatable bonds is 7. The van der Waals surface area contributed by atoms with E-state index in [1.54, 1.807) is 55.5 Å². The molecule has 176 valence electrons. The fraction of sp³-hybridized carbons (Fsp3) is 0.174. The average Bonchev–Trinajstić information content (AvgIpc) is 3.23. The molecule has 34 heavy (non-hydrogen) atoms. The molecule has 11 heteroatoms. The van der Waals surface area contributed by atoms with Crippen molar-refractivity contribution in [2.45, 2.75) is 24.0 Å². The molecule has 2 aromatic heterocycles. The largest absolute Gasteiger partial charge is 0.484 e. The number of esters is 1. The Hall–Kier alpha value is -3.73. The summed E-state index contributed by atoms with van der Waals surface area (Å²) in [6, 6.07) is 14.6. The highest BCUT2D eigenvalue weighted by molar-refractivity contribution is 7.84. The smallest absolute Gasteiger partial charge is 0.422 e. The predicted octanol–water partition coefficient (Wildman–Crippen LogP) is 4.73. The van der Waals surface area contributed by atoms with Crippen molar-refractivity contribution >= 4 is 27.8 Å². The Labute approximate surface area is 194 Å². The molecule has 0 amide bonds. The first kappa shape index (κ1) is 23.4. The van der Waals surface area contributed by atoms with Crippen LogP contribution in [-0.4, -0.2) is 37.9 Å². The van der Waals surface area contributed by atoms with Gasteiger partial charge in [0.1, 0.15) is 11.5 Å². The Morgan fingerprint density at radius 1 is 1.12 bits per heavy atom. The highest BCUT2D eigenvalue weighted by atomic mass is 32.2. The van der Waals surface area contributed by atoms with Crippen molar-refractivity contribution < 1.29 is 31.6 Å². The molecular formula is C23H18F3N3O4S.